The molecular weight excluding hydrogens is 174 g/mol. The summed E-state index contributed by atoms with van der Waals surface area (Å²) < 4.78 is 2.07. The van der Waals surface area contributed by atoms with Crippen LogP contribution in [0.3, 0.4) is 0 Å². The Morgan fingerprint density at radius 3 is 2.79 bits per heavy atom. The van der Waals surface area contributed by atoms with Crippen molar-refractivity contribution in [3.05, 3.63) is 18.0 Å². The van der Waals surface area contributed by atoms with E-state index in [2.05, 4.69) is 35.9 Å². The zero-order valence-electron chi connectivity index (χ0n) is 9.45. The van der Waals surface area contributed by atoms with Gasteiger partial charge in [0.15, 0.2) is 0 Å². The number of hydrogen-bond donors (Lipinski definition) is 1. The van der Waals surface area contributed by atoms with Crippen LogP contribution in [0.4, 0.5) is 0 Å². The van der Waals surface area contributed by atoms with Gasteiger partial charge in [-0.15, -0.1) is 0 Å². The normalized spacial score (nSPS) is 13.1. The molecule has 0 radical (unpaired) electrons. The summed E-state index contributed by atoms with van der Waals surface area (Å²) in [4.78, 5) is 0. The molecule has 0 fully saturated rings. The Kier molecular flexibility index (Phi) is 4.66. The van der Waals surface area contributed by atoms with Crippen molar-refractivity contribution in [3.63, 3.8) is 0 Å². The van der Waals surface area contributed by atoms with E-state index in [1.807, 2.05) is 12.3 Å². The zero-order chi connectivity index (χ0) is 10.4. The van der Waals surface area contributed by atoms with E-state index in [1.54, 1.807) is 0 Å². The van der Waals surface area contributed by atoms with Crippen LogP contribution in [0.15, 0.2) is 12.3 Å². The van der Waals surface area contributed by atoms with Gasteiger partial charge in [0.05, 0.1) is 6.54 Å². The summed E-state index contributed by atoms with van der Waals surface area (Å²) in [7, 11) is 0. The van der Waals surface area contributed by atoms with Crippen LogP contribution in [0.25, 0.3) is 0 Å². The molecule has 0 saturated carbocycles. The van der Waals surface area contributed by atoms with Crippen LogP contribution in [0.2, 0.25) is 0 Å². The summed E-state index contributed by atoms with van der Waals surface area (Å²) in [5.74, 6) is 0. The van der Waals surface area contributed by atoms with Crippen LogP contribution >= 0.6 is 0 Å². The largest absolute Gasteiger partial charge is 0.312 e. The second kappa shape index (κ2) is 5.81. The summed E-state index contributed by atoms with van der Waals surface area (Å²) in [5, 5.41) is 7.81. The van der Waals surface area contributed by atoms with E-state index in [9.17, 15) is 0 Å². The third-order valence-corrected chi connectivity index (χ3v) is 2.50. The Morgan fingerprint density at radius 2 is 2.29 bits per heavy atom. The van der Waals surface area contributed by atoms with Crippen molar-refractivity contribution >= 4 is 0 Å². The average Bonchev–Trinajstić information content (AvgIpc) is 2.59. The predicted octanol–water partition coefficient (Wildman–Crippen LogP) is 1.97. The smallest absolute Gasteiger partial charge is 0.0565 e. The van der Waals surface area contributed by atoms with Gasteiger partial charge in [0, 0.05) is 17.9 Å². The van der Waals surface area contributed by atoms with E-state index in [0.717, 1.165) is 19.5 Å². The lowest BCUT2D eigenvalue weighted by molar-refractivity contribution is 0.412. The van der Waals surface area contributed by atoms with Gasteiger partial charge in [-0.25, -0.2) is 0 Å². The summed E-state index contributed by atoms with van der Waals surface area (Å²) in [6.45, 7) is 8.58. The molecule has 0 aliphatic heterocycles. The molecule has 1 unspecified atom stereocenters. The van der Waals surface area contributed by atoms with Crippen molar-refractivity contribution in [1.29, 1.82) is 0 Å². The minimum Gasteiger partial charge on any atom is -0.312 e. The first-order chi connectivity index (χ1) is 6.77. The fraction of sp³-hybridized carbons (Fsp3) is 0.727. The number of hydrogen-bond acceptors (Lipinski definition) is 2. The fourth-order valence-electron chi connectivity index (χ4n) is 1.49. The molecule has 3 heteroatoms. The van der Waals surface area contributed by atoms with Crippen LogP contribution in [0.1, 0.15) is 32.4 Å². The Balaban J connectivity index is 2.44. The van der Waals surface area contributed by atoms with Crippen LogP contribution in [0.5, 0.6) is 0 Å². The lowest BCUT2D eigenvalue weighted by Crippen LogP contribution is -2.33. The standard InChI is InChI=1S/C11H21N3/c1-4-7-12-11(5-2)9-14-10(3)6-8-13-14/h6,8,11-12H,4-5,7,9H2,1-3H3. The lowest BCUT2D eigenvalue weighted by Gasteiger charge is -2.17. The van der Waals surface area contributed by atoms with Crippen molar-refractivity contribution in [2.45, 2.75) is 46.2 Å². The van der Waals surface area contributed by atoms with Gasteiger partial charge < -0.3 is 5.32 Å². The molecule has 1 N–H and O–H groups in total. The zero-order valence-corrected chi connectivity index (χ0v) is 9.45. The monoisotopic (exact) mass is 195 g/mol. The maximum atomic E-state index is 4.29. The second-order valence-corrected chi connectivity index (χ2v) is 3.71. The Hall–Kier alpha value is -0.830. The molecule has 14 heavy (non-hydrogen) atoms. The summed E-state index contributed by atoms with van der Waals surface area (Å²) in [6.07, 6.45) is 4.20. The van der Waals surface area contributed by atoms with Crippen LogP contribution in [-0.4, -0.2) is 22.4 Å². The Bertz CT molecular complexity index is 255. The highest BCUT2D eigenvalue weighted by molar-refractivity contribution is 4.96. The molecule has 0 amide bonds. The van der Waals surface area contributed by atoms with Crippen LogP contribution in [0, 0.1) is 6.92 Å². The maximum absolute atomic E-state index is 4.29. The first kappa shape index (κ1) is 11.2. The first-order valence-electron chi connectivity index (χ1n) is 5.49. The van der Waals surface area contributed by atoms with Gasteiger partial charge in [-0.05, 0) is 32.4 Å². The molecule has 1 aromatic heterocycles. The highest BCUT2D eigenvalue weighted by atomic mass is 15.3. The number of nitrogens with zero attached hydrogens (tertiary/aromatic N) is 2. The van der Waals surface area contributed by atoms with Gasteiger partial charge in [-0.3, -0.25) is 4.68 Å². The van der Waals surface area contributed by atoms with Gasteiger partial charge in [0.1, 0.15) is 0 Å². The van der Waals surface area contributed by atoms with Crippen LogP contribution < -0.4 is 5.32 Å². The number of aryl methyl sites for hydroxylation is 1. The van der Waals surface area contributed by atoms with Gasteiger partial charge in [0.25, 0.3) is 0 Å². The average molecular weight is 195 g/mol. The molecule has 3 nitrogen and oxygen atoms in total. The molecule has 1 heterocycles. The van der Waals surface area contributed by atoms with Gasteiger partial charge in [0.2, 0.25) is 0 Å². The molecule has 0 spiro atoms. The minimum atomic E-state index is 0.550. The molecule has 0 aromatic carbocycles. The van der Waals surface area contributed by atoms with E-state index in [1.165, 1.54) is 12.1 Å². The highest BCUT2D eigenvalue weighted by Gasteiger charge is 2.06. The van der Waals surface area contributed by atoms with E-state index in [4.69, 9.17) is 0 Å². The van der Waals surface area contributed by atoms with E-state index in [-0.39, 0.29) is 0 Å². The van der Waals surface area contributed by atoms with Gasteiger partial charge in [-0.1, -0.05) is 13.8 Å². The minimum absolute atomic E-state index is 0.550. The van der Waals surface area contributed by atoms with Crippen molar-refractivity contribution in [2.75, 3.05) is 6.54 Å². The van der Waals surface area contributed by atoms with Crippen molar-refractivity contribution < 1.29 is 0 Å². The fourth-order valence-corrected chi connectivity index (χ4v) is 1.49. The highest BCUT2D eigenvalue weighted by Crippen LogP contribution is 2.00. The SMILES string of the molecule is CCCNC(CC)Cn1nccc1C. The number of rotatable bonds is 6. The molecular formula is C11H21N3. The molecule has 1 atom stereocenters. The molecule has 0 bridgehead atoms. The summed E-state index contributed by atoms with van der Waals surface area (Å²) >= 11 is 0. The van der Waals surface area contributed by atoms with Crippen LogP contribution in [-0.2, 0) is 6.54 Å². The van der Waals surface area contributed by atoms with Crippen molar-refractivity contribution in [1.82, 2.24) is 15.1 Å². The molecule has 0 saturated heterocycles. The number of aromatic nitrogens is 2. The summed E-state index contributed by atoms with van der Waals surface area (Å²) in [5.41, 5.74) is 1.24. The third kappa shape index (κ3) is 3.14. The molecule has 0 aliphatic rings. The second-order valence-electron chi connectivity index (χ2n) is 3.71. The molecule has 80 valence electrons. The Morgan fingerprint density at radius 1 is 1.50 bits per heavy atom. The maximum Gasteiger partial charge on any atom is 0.0565 e. The Labute approximate surface area is 86.5 Å². The summed E-state index contributed by atoms with van der Waals surface area (Å²) in [6, 6.07) is 2.60. The van der Waals surface area contributed by atoms with Gasteiger partial charge in [-0.2, -0.15) is 5.10 Å². The number of nitrogens with one attached hydrogen (secondary N) is 1. The first-order valence-corrected chi connectivity index (χ1v) is 5.49. The molecule has 1 aromatic rings. The predicted molar refractivity (Wildman–Crippen MR) is 59.3 cm³/mol. The van der Waals surface area contributed by atoms with E-state index in [0.29, 0.717) is 6.04 Å². The molecule has 1 rings (SSSR count). The van der Waals surface area contributed by atoms with Crippen molar-refractivity contribution in [2.24, 2.45) is 0 Å². The van der Waals surface area contributed by atoms with E-state index < -0.39 is 0 Å². The third-order valence-electron chi connectivity index (χ3n) is 2.50. The van der Waals surface area contributed by atoms with Gasteiger partial charge >= 0.3 is 0 Å². The van der Waals surface area contributed by atoms with E-state index >= 15 is 0 Å². The van der Waals surface area contributed by atoms with Crippen molar-refractivity contribution in [3.8, 4) is 0 Å². The quantitative estimate of drug-likeness (QED) is 0.752. The topological polar surface area (TPSA) is 29.9 Å². The molecule has 0 aliphatic carbocycles. The lowest BCUT2D eigenvalue weighted by atomic mass is 10.2.